The Hall–Kier alpha value is -2.57. The number of nitrogens with one attached hydrogen (secondary N) is 1. The number of H-pyrrole nitrogens is 1. The number of aromatic nitrogens is 4. The molecule has 1 atom stereocenters. The van der Waals surface area contributed by atoms with E-state index in [2.05, 4.69) is 24.8 Å². The summed E-state index contributed by atoms with van der Waals surface area (Å²) in [6, 6.07) is 3.68. The Kier molecular flexibility index (Phi) is 3.40. The lowest BCUT2D eigenvalue weighted by atomic mass is 10.0. The summed E-state index contributed by atoms with van der Waals surface area (Å²) < 4.78 is 27.3. The Bertz CT molecular complexity index is 847. The third-order valence-electron chi connectivity index (χ3n) is 4.32. The molecule has 3 heterocycles. The van der Waals surface area contributed by atoms with Crippen molar-refractivity contribution in [2.45, 2.75) is 25.3 Å². The molecule has 0 spiro atoms. The van der Waals surface area contributed by atoms with Crippen molar-refractivity contribution in [1.82, 2.24) is 19.9 Å². The molecule has 1 aliphatic heterocycles. The molecule has 3 aromatic rings. The number of aromatic amines is 1. The maximum atomic E-state index is 13.9. The fourth-order valence-electron chi connectivity index (χ4n) is 3.25. The van der Waals surface area contributed by atoms with Crippen molar-refractivity contribution >= 4 is 17.0 Å². The summed E-state index contributed by atoms with van der Waals surface area (Å²) >= 11 is 0. The molecular weight excluding hydrogens is 300 g/mol. The van der Waals surface area contributed by atoms with Crippen molar-refractivity contribution in [2.75, 3.05) is 11.4 Å². The minimum Gasteiger partial charge on any atom is -0.351 e. The molecule has 23 heavy (non-hydrogen) atoms. The van der Waals surface area contributed by atoms with Crippen molar-refractivity contribution in [3.05, 3.63) is 48.1 Å². The minimum absolute atomic E-state index is 0.0766. The van der Waals surface area contributed by atoms with Crippen molar-refractivity contribution in [3.8, 4) is 0 Å². The van der Waals surface area contributed by atoms with Crippen LogP contribution in [-0.4, -0.2) is 32.5 Å². The van der Waals surface area contributed by atoms with Gasteiger partial charge in [0.1, 0.15) is 23.5 Å². The topological polar surface area (TPSA) is 57.7 Å². The quantitative estimate of drug-likeness (QED) is 0.807. The molecule has 7 heteroatoms. The zero-order valence-corrected chi connectivity index (χ0v) is 12.3. The Balaban J connectivity index is 1.67. The highest BCUT2D eigenvalue weighted by Crippen LogP contribution is 2.30. The number of benzene rings is 1. The van der Waals surface area contributed by atoms with Crippen LogP contribution in [0.15, 0.2) is 30.9 Å². The second-order valence-corrected chi connectivity index (χ2v) is 5.73. The normalized spacial score (nSPS) is 18.0. The Morgan fingerprint density at radius 2 is 2.13 bits per heavy atom. The van der Waals surface area contributed by atoms with Crippen molar-refractivity contribution in [1.29, 1.82) is 0 Å². The highest BCUT2D eigenvalue weighted by atomic mass is 19.1. The van der Waals surface area contributed by atoms with Crippen LogP contribution in [0.5, 0.6) is 0 Å². The number of fused-ring (bicyclic) bond motifs is 1. The summed E-state index contributed by atoms with van der Waals surface area (Å²) in [6.45, 7) is 0.826. The van der Waals surface area contributed by atoms with E-state index in [1.54, 1.807) is 6.33 Å². The van der Waals surface area contributed by atoms with Gasteiger partial charge in [-0.05, 0) is 43.0 Å². The molecule has 1 saturated heterocycles. The lowest BCUT2D eigenvalue weighted by Gasteiger charge is -2.26. The molecule has 0 bridgehead atoms. The van der Waals surface area contributed by atoms with E-state index in [0.717, 1.165) is 36.8 Å². The Labute approximate surface area is 131 Å². The van der Waals surface area contributed by atoms with E-state index in [0.29, 0.717) is 17.6 Å². The molecule has 1 N–H and O–H groups in total. The molecule has 0 radical (unpaired) electrons. The van der Waals surface area contributed by atoms with Gasteiger partial charge in [0.2, 0.25) is 0 Å². The van der Waals surface area contributed by atoms with Crippen LogP contribution in [0.25, 0.3) is 11.2 Å². The number of hydrogen-bond donors (Lipinski definition) is 1. The van der Waals surface area contributed by atoms with Crippen molar-refractivity contribution < 1.29 is 8.78 Å². The highest BCUT2D eigenvalue weighted by Gasteiger charge is 2.28. The maximum Gasteiger partial charge on any atom is 0.182 e. The van der Waals surface area contributed by atoms with Gasteiger partial charge in [-0.1, -0.05) is 0 Å². The lowest BCUT2D eigenvalue weighted by Crippen LogP contribution is -2.32. The van der Waals surface area contributed by atoms with Gasteiger partial charge < -0.3 is 9.88 Å². The van der Waals surface area contributed by atoms with Crippen molar-refractivity contribution in [2.24, 2.45) is 0 Å². The number of anilines is 1. The first-order valence-electron chi connectivity index (χ1n) is 7.57. The molecule has 1 fully saturated rings. The maximum absolute atomic E-state index is 13.9. The number of rotatable bonds is 3. The molecule has 5 nitrogen and oxygen atoms in total. The molecule has 1 unspecified atom stereocenters. The standard InChI is InChI=1S/C16H15F2N5/c17-11-3-4-13(18)10(6-11)7-12-2-1-5-23(12)16-14-15(20-8-19-14)21-9-22-16/h3-4,6,8-9,12H,1-2,5,7H2,(H,19,20,21,22). The molecule has 0 amide bonds. The predicted octanol–water partition coefficient (Wildman–Crippen LogP) is 2.84. The fourth-order valence-corrected chi connectivity index (χ4v) is 3.25. The van der Waals surface area contributed by atoms with Crippen LogP contribution in [0.2, 0.25) is 0 Å². The summed E-state index contributed by atoms with van der Waals surface area (Å²) in [4.78, 5) is 17.8. The van der Waals surface area contributed by atoms with Gasteiger partial charge in [-0.25, -0.2) is 23.7 Å². The van der Waals surface area contributed by atoms with Gasteiger partial charge in [-0.15, -0.1) is 0 Å². The van der Waals surface area contributed by atoms with Crippen LogP contribution >= 0.6 is 0 Å². The first-order valence-corrected chi connectivity index (χ1v) is 7.57. The van der Waals surface area contributed by atoms with Crippen LogP contribution < -0.4 is 4.90 Å². The molecular formula is C16H15F2N5. The number of halogens is 2. The zero-order chi connectivity index (χ0) is 15.8. The van der Waals surface area contributed by atoms with Gasteiger partial charge in [0, 0.05) is 12.6 Å². The third kappa shape index (κ3) is 2.52. The molecule has 2 aromatic heterocycles. The Morgan fingerprint density at radius 3 is 3.04 bits per heavy atom. The van der Waals surface area contributed by atoms with Gasteiger partial charge in [0.05, 0.1) is 6.33 Å². The van der Waals surface area contributed by atoms with E-state index >= 15 is 0 Å². The van der Waals surface area contributed by atoms with E-state index in [9.17, 15) is 8.78 Å². The number of hydrogen-bond acceptors (Lipinski definition) is 4. The first-order chi connectivity index (χ1) is 11.2. The molecule has 1 aromatic carbocycles. The average molecular weight is 315 g/mol. The van der Waals surface area contributed by atoms with Gasteiger partial charge in [0.15, 0.2) is 11.5 Å². The van der Waals surface area contributed by atoms with Crippen molar-refractivity contribution in [3.63, 3.8) is 0 Å². The predicted molar refractivity (Wildman–Crippen MR) is 82.1 cm³/mol. The van der Waals surface area contributed by atoms with E-state index in [1.807, 2.05) is 0 Å². The average Bonchev–Trinajstić information content (AvgIpc) is 3.19. The number of nitrogens with zero attached hydrogens (tertiary/aromatic N) is 4. The van der Waals surface area contributed by atoms with Gasteiger partial charge in [-0.3, -0.25) is 0 Å². The molecule has 0 aliphatic carbocycles. The van der Waals surface area contributed by atoms with Gasteiger partial charge in [0.25, 0.3) is 0 Å². The van der Waals surface area contributed by atoms with Gasteiger partial charge >= 0.3 is 0 Å². The lowest BCUT2D eigenvalue weighted by molar-refractivity contribution is 0.565. The highest BCUT2D eigenvalue weighted by molar-refractivity contribution is 5.83. The minimum atomic E-state index is -0.413. The molecule has 118 valence electrons. The van der Waals surface area contributed by atoms with E-state index in [1.165, 1.54) is 18.5 Å². The van der Waals surface area contributed by atoms with E-state index < -0.39 is 5.82 Å². The van der Waals surface area contributed by atoms with Crippen LogP contribution in [-0.2, 0) is 6.42 Å². The first kappa shape index (κ1) is 14.0. The largest absolute Gasteiger partial charge is 0.351 e. The van der Waals surface area contributed by atoms with E-state index in [4.69, 9.17) is 0 Å². The molecule has 4 rings (SSSR count). The summed E-state index contributed by atoms with van der Waals surface area (Å²) in [5, 5.41) is 0. The molecule has 0 saturated carbocycles. The second kappa shape index (κ2) is 5.57. The zero-order valence-electron chi connectivity index (χ0n) is 12.3. The smallest absolute Gasteiger partial charge is 0.182 e. The second-order valence-electron chi connectivity index (χ2n) is 5.73. The summed E-state index contributed by atoms with van der Waals surface area (Å²) in [5.74, 6) is -0.0108. The fraction of sp³-hybridized carbons (Fsp3) is 0.312. The SMILES string of the molecule is Fc1ccc(F)c(CC2CCCN2c2ncnc3nc[nH]c23)c1. The third-order valence-corrected chi connectivity index (χ3v) is 4.32. The number of imidazole rings is 1. The molecule has 1 aliphatic rings. The van der Waals surface area contributed by atoms with Crippen LogP contribution in [0.1, 0.15) is 18.4 Å². The summed E-state index contributed by atoms with van der Waals surface area (Å²) in [5.41, 5.74) is 1.79. The summed E-state index contributed by atoms with van der Waals surface area (Å²) in [6.07, 6.45) is 5.41. The van der Waals surface area contributed by atoms with Crippen LogP contribution in [0.4, 0.5) is 14.6 Å². The monoisotopic (exact) mass is 315 g/mol. The van der Waals surface area contributed by atoms with Crippen LogP contribution in [0, 0.1) is 11.6 Å². The van der Waals surface area contributed by atoms with Crippen LogP contribution in [0.3, 0.4) is 0 Å². The van der Waals surface area contributed by atoms with Gasteiger partial charge in [-0.2, -0.15) is 0 Å². The summed E-state index contributed by atoms with van der Waals surface area (Å²) in [7, 11) is 0. The van der Waals surface area contributed by atoms with E-state index in [-0.39, 0.29) is 11.9 Å². The Morgan fingerprint density at radius 1 is 1.22 bits per heavy atom.